The first kappa shape index (κ1) is 22.1. The highest BCUT2D eigenvalue weighted by Crippen LogP contribution is 2.10. The molecule has 132 valence electrons. The molecule has 0 bridgehead atoms. The number of rotatable bonds is 6. The van der Waals surface area contributed by atoms with Crippen molar-refractivity contribution in [3.05, 3.63) is 35.1 Å². The Balaban J connectivity index is 0.00000484. The van der Waals surface area contributed by atoms with Crippen molar-refractivity contribution in [2.45, 2.75) is 39.8 Å². The molecule has 0 atom stereocenters. The van der Waals surface area contributed by atoms with Gasteiger partial charge < -0.3 is 15.5 Å². The lowest BCUT2D eigenvalue weighted by Crippen LogP contribution is -2.50. The van der Waals surface area contributed by atoms with Crippen LogP contribution in [0.4, 0.5) is 4.39 Å². The molecule has 6 heteroatoms. The van der Waals surface area contributed by atoms with Crippen molar-refractivity contribution in [1.82, 2.24) is 15.5 Å². The Morgan fingerprint density at radius 3 is 2.43 bits per heavy atom. The summed E-state index contributed by atoms with van der Waals surface area (Å²) in [6.45, 7) is 10.3. The van der Waals surface area contributed by atoms with E-state index in [1.807, 2.05) is 13.0 Å². The van der Waals surface area contributed by atoms with Gasteiger partial charge in [0, 0.05) is 18.6 Å². The quantitative estimate of drug-likeness (QED) is 0.409. The van der Waals surface area contributed by atoms with Gasteiger partial charge in [0.05, 0.1) is 6.54 Å². The Hall–Kier alpha value is -0.890. The molecule has 0 heterocycles. The topological polar surface area (TPSA) is 39.7 Å². The first-order chi connectivity index (χ1) is 10.3. The van der Waals surface area contributed by atoms with Crippen molar-refractivity contribution in [1.29, 1.82) is 0 Å². The van der Waals surface area contributed by atoms with Crippen molar-refractivity contribution < 1.29 is 4.39 Å². The summed E-state index contributed by atoms with van der Waals surface area (Å²) in [7, 11) is 4.13. The van der Waals surface area contributed by atoms with Crippen LogP contribution in [0.1, 0.15) is 31.9 Å². The summed E-state index contributed by atoms with van der Waals surface area (Å²) >= 11 is 0. The molecule has 0 fully saturated rings. The molecule has 0 aliphatic heterocycles. The van der Waals surface area contributed by atoms with E-state index in [4.69, 9.17) is 0 Å². The largest absolute Gasteiger partial charge is 0.357 e. The summed E-state index contributed by atoms with van der Waals surface area (Å²) in [6.07, 6.45) is 0. The van der Waals surface area contributed by atoms with Crippen LogP contribution >= 0.6 is 24.0 Å². The van der Waals surface area contributed by atoms with E-state index in [-0.39, 0.29) is 35.3 Å². The third kappa shape index (κ3) is 7.48. The number of nitrogens with one attached hydrogen (secondary N) is 2. The standard InChI is InChI=1S/C17H29FN4.HI/c1-7-19-16(21-12-17(3,4)22(5)6)20-11-14-8-9-15(18)13(2)10-14;/h8-10H,7,11-12H2,1-6H3,(H2,19,20,21);1H. The van der Waals surface area contributed by atoms with Crippen LogP contribution in [-0.2, 0) is 6.54 Å². The number of guanidine groups is 1. The molecule has 0 saturated carbocycles. The van der Waals surface area contributed by atoms with E-state index in [9.17, 15) is 4.39 Å². The van der Waals surface area contributed by atoms with Crippen molar-refractivity contribution in [2.24, 2.45) is 4.99 Å². The van der Waals surface area contributed by atoms with Crippen LogP contribution < -0.4 is 10.6 Å². The lowest BCUT2D eigenvalue weighted by molar-refractivity contribution is 0.197. The van der Waals surface area contributed by atoms with Gasteiger partial charge in [-0.25, -0.2) is 9.38 Å². The summed E-state index contributed by atoms with van der Waals surface area (Å²) in [5, 5.41) is 6.60. The third-order valence-electron chi connectivity index (χ3n) is 3.89. The molecule has 0 spiro atoms. The van der Waals surface area contributed by atoms with Gasteiger partial charge in [0.25, 0.3) is 0 Å². The minimum Gasteiger partial charge on any atom is -0.357 e. The van der Waals surface area contributed by atoms with E-state index >= 15 is 0 Å². The van der Waals surface area contributed by atoms with Crippen molar-refractivity contribution >= 4 is 29.9 Å². The van der Waals surface area contributed by atoms with Crippen LogP contribution in [-0.4, -0.2) is 43.6 Å². The number of hydrogen-bond acceptors (Lipinski definition) is 2. The molecular weight excluding hydrogens is 406 g/mol. The van der Waals surface area contributed by atoms with Gasteiger partial charge in [-0.1, -0.05) is 12.1 Å². The summed E-state index contributed by atoms with van der Waals surface area (Å²) in [5.74, 6) is 0.602. The minimum atomic E-state index is -0.175. The molecule has 23 heavy (non-hydrogen) atoms. The lowest BCUT2D eigenvalue weighted by Gasteiger charge is -2.33. The van der Waals surface area contributed by atoms with E-state index in [1.54, 1.807) is 13.0 Å². The predicted octanol–water partition coefficient (Wildman–Crippen LogP) is 3.15. The SMILES string of the molecule is CCNC(=NCc1ccc(F)c(C)c1)NCC(C)(C)N(C)C.I. The number of hydrogen-bond donors (Lipinski definition) is 2. The molecular formula is C17H30FIN4. The van der Waals surface area contributed by atoms with E-state index in [1.165, 1.54) is 6.07 Å². The molecule has 0 aromatic heterocycles. The highest BCUT2D eigenvalue weighted by atomic mass is 127. The molecule has 4 nitrogen and oxygen atoms in total. The van der Waals surface area contributed by atoms with Gasteiger partial charge in [0.1, 0.15) is 5.82 Å². The predicted molar refractivity (Wildman–Crippen MR) is 107 cm³/mol. The number of halogens is 2. The van der Waals surface area contributed by atoms with Crippen molar-refractivity contribution in [2.75, 3.05) is 27.2 Å². The molecule has 0 unspecified atom stereocenters. The van der Waals surface area contributed by atoms with E-state index < -0.39 is 0 Å². The van der Waals surface area contributed by atoms with Gasteiger partial charge >= 0.3 is 0 Å². The molecule has 0 amide bonds. The maximum atomic E-state index is 13.3. The fraction of sp³-hybridized carbons (Fsp3) is 0.588. The fourth-order valence-electron chi connectivity index (χ4n) is 1.78. The highest BCUT2D eigenvalue weighted by molar-refractivity contribution is 14.0. The average molecular weight is 436 g/mol. The molecule has 1 rings (SSSR count). The van der Waals surface area contributed by atoms with Crippen LogP contribution in [0.2, 0.25) is 0 Å². The fourth-order valence-corrected chi connectivity index (χ4v) is 1.78. The summed E-state index contributed by atoms with van der Waals surface area (Å²) < 4.78 is 13.3. The van der Waals surface area contributed by atoms with Gasteiger partial charge in [0.2, 0.25) is 0 Å². The Morgan fingerprint density at radius 2 is 1.91 bits per heavy atom. The second kappa shape index (κ2) is 10.1. The van der Waals surface area contributed by atoms with Crippen molar-refractivity contribution in [3.63, 3.8) is 0 Å². The zero-order chi connectivity index (χ0) is 16.8. The molecule has 0 saturated heterocycles. The number of aliphatic imine (C=N–C) groups is 1. The van der Waals surface area contributed by atoms with Crippen LogP contribution in [0.5, 0.6) is 0 Å². The van der Waals surface area contributed by atoms with Crippen LogP contribution in [0.25, 0.3) is 0 Å². The monoisotopic (exact) mass is 436 g/mol. The Labute approximate surface area is 157 Å². The second-order valence-corrected chi connectivity index (χ2v) is 6.34. The maximum Gasteiger partial charge on any atom is 0.191 e. The van der Waals surface area contributed by atoms with Crippen LogP contribution in [0.15, 0.2) is 23.2 Å². The zero-order valence-electron chi connectivity index (χ0n) is 15.0. The van der Waals surface area contributed by atoms with Gasteiger partial charge in [0.15, 0.2) is 5.96 Å². The zero-order valence-corrected chi connectivity index (χ0v) is 17.4. The molecule has 2 N–H and O–H groups in total. The Kier molecular flexibility index (Phi) is 9.68. The molecule has 0 radical (unpaired) electrons. The molecule has 1 aromatic carbocycles. The number of likely N-dealkylation sites (N-methyl/N-ethyl adjacent to an activating group) is 1. The summed E-state index contributed by atoms with van der Waals surface area (Å²) in [6, 6.07) is 5.11. The van der Waals surface area contributed by atoms with E-state index in [2.05, 4.69) is 48.5 Å². The van der Waals surface area contributed by atoms with Gasteiger partial charge in [-0.2, -0.15) is 0 Å². The van der Waals surface area contributed by atoms with Gasteiger partial charge in [-0.3, -0.25) is 0 Å². The number of nitrogens with zero attached hydrogens (tertiary/aromatic N) is 2. The van der Waals surface area contributed by atoms with E-state index in [0.29, 0.717) is 12.1 Å². The average Bonchev–Trinajstić information content (AvgIpc) is 2.45. The van der Waals surface area contributed by atoms with Gasteiger partial charge in [-0.15, -0.1) is 24.0 Å². The molecule has 0 aliphatic carbocycles. The van der Waals surface area contributed by atoms with Gasteiger partial charge in [-0.05, 0) is 59.0 Å². The normalized spacial score (nSPS) is 12.1. The maximum absolute atomic E-state index is 13.3. The molecule has 0 aliphatic rings. The van der Waals surface area contributed by atoms with Crippen LogP contribution in [0, 0.1) is 12.7 Å². The first-order valence-electron chi connectivity index (χ1n) is 7.71. The van der Waals surface area contributed by atoms with Crippen molar-refractivity contribution in [3.8, 4) is 0 Å². The lowest BCUT2D eigenvalue weighted by atomic mass is 10.0. The first-order valence-corrected chi connectivity index (χ1v) is 7.71. The van der Waals surface area contributed by atoms with Crippen LogP contribution in [0.3, 0.4) is 0 Å². The third-order valence-corrected chi connectivity index (χ3v) is 3.89. The highest BCUT2D eigenvalue weighted by Gasteiger charge is 2.20. The number of benzene rings is 1. The smallest absolute Gasteiger partial charge is 0.191 e. The van der Waals surface area contributed by atoms with E-state index in [0.717, 1.165) is 24.6 Å². The second-order valence-electron chi connectivity index (χ2n) is 6.34. The summed E-state index contributed by atoms with van der Waals surface area (Å²) in [5.41, 5.74) is 1.69. The summed E-state index contributed by atoms with van der Waals surface area (Å²) in [4.78, 5) is 6.74. The number of aryl methyl sites for hydroxylation is 1. The Bertz CT molecular complexity index is 515. The Morgan fingerprint density at radius 1 is 1.26 bits per heavy atom. The minimum absolute atomic E-state index is 0. The molecule has 1 aromatic rings.